The van der Waals surface area contributed by atoms with Gasteiger partial charge >= 0.3 is 0 Å². The monoisotopic (exact) mass is 250 g/mol. The summed E-state index contributed by atoms with van der Waals surface area (Å²) in [5, 5.41) is 8.70. The molecule has 1 aromatic rings. The maximum absolute atomic E-state index is 13.8. The SMILES string of the molecule is COCCN(Cc1ccc(C#N)cc1F)C(C)C. The number of hydrogen-bond donors (Lipinski definition) is 0. The van der Waals surface area contributed by atoms with E-state index in [0.29, 0.717) is 30.3 Å². The first kappa shape index (κ1) is 14.6. The first-order chi connectivity index (χ1) is 8.58. The molecule has 4 heteroatoms. The number of methoxy groups -OCH3 is 1. The van der Waals surface area contributed by atoms with E-state index < -0.39 is 0 Å². The summed E-state index contributed by atoms with van der Waals surface area (Å²) in [7, 11) is 1.65. The lowest BCUT2D eigenvalue weighted by atomic mass is 10.1. The normalized spacial score (nSPS) is 10.9. The van der Waals surface area contributed by atoms with Crippen molar-refractivity contribution in [3.05, 3.63) is 35.1 Å². The minimum absolute atomic E-state index is 0.315. The molecule has 0 heterocycles. The topological polar surface area (TPSA) is 36.3 Å². The Bertz CT molecular complexity index is 426. The van der Waals surface area contributed by atoms with E-state index >= 15 is 0 Å². The highest BCUT2D eigenvalue weighted by atomic mass is 19.1. The van der Waals surface area contributed by atoms with Crippen molar-refractivity contribution in [2.45, 2.75) is 26.4 Å². The smallest absolute Gasteiger partial charge is 0.129 e. The van der Waals surface area contributed by atoms with Crippen molar-refractivity contribution in [3.8, 4) is 6.07 Å². The van der Waals surface area contributed by atoms with Gasteiger partial charge in [-0.2, -0.15) is 5.26 Å². The van der Waals surface area contributed by atoms with E-state index in [1.165, 1.54) is 6.07 Å². The first-order valence-electron chi connectivity index (χ1n) is 6.00. The molecule has 0 atom stereocenters. The predicted molar refractivity (Wildman–Crippen MR) is 68.5 cm³/mol. The van der Waals surface area contributed by atoms with Crippen molar-refractivity contribution in [1.29, 1.82) is 5.26 Å². The number of nitrogens with zero attached hydrogens (tertiary/aromatic N) is 2. The lowest BCUT2D eigenvalue weighted by Gasteiger charge is -2.26. The van der Waals surface area contributed by atoms with Gasteiger partial charge in [-0.05, 0) is 26.0 Å². The van der Waals surface area contributed by atoms with Crippen LogP contribution in [0.15, 0.2) is 18.2 Å². The molecule has 0 saturated heterocycles. The molecule has 1 rings (SSSR count). The zero-order valence-corrected chi connectivity index (χ0v) is 11.1. The fourth-order valence-corrected chi connectivity index (χ4v) is 1.69. The Balaban J connectivity index is 2.78. The molecule has 0 aliphatic rings. The summed E-state index contributed by atoms with van der Waals surface area (Å²) in [4.78, 5) is 2.13. The molecule has 0 spiro atoms. The number of hydrogen-bond acceptors (Lipinski definition) is 3. The minimum atomic E-state index is -0.322. The van der Waals surface area contributed by atoms with Crippen LogP contribution in [0.4, 0.5) is 4.39 Å². The van der Waals surface area contributed by atoms with E-state index in [2.05, 4.69) is 18.7 Å². The fourth-order valence-electron chi connectivity index (χ4n) is 1.69. The van der Waals surface area contributed by atoms with E-state index in [9.17, 15) is 4.39 Å². The lowest BCUT2D eigenvalue weighted by molar-refractivity contribution is 0.124. The minimum Gasteiger partial charge on any atom is -0.383 e. The molecule has 1 aromatic carbocycles. The van der Waals surface area contributed by atoms with E-state index in [4.69, 9.17) is 10.00 Å². The molecule has 0 aliphatic carbocycles. The summed E-state index contributed by atoms with van der Waals surface area (Å²) >= 11 is 0. The van der Waals surface area contributed by atoms with Crippen molar-refractivity contribution in [2.24, 2.45) is 0 Å². The molecular formula is C14H19FN2O. The van der Waals surface area contributed by atoms with E-state index in [1.807, 2.05) is 6.07 Å². The summed E-state index contributed by atoms with van der Waals surface area (Å²) < 4.78 is 18.8. The van der Waals surface area contributed by atoms with Gasteiger partial charge in [-0.1, -0.05) is 6.07 Å². The van der Waals surface area contributed by atoms with Crippen LogP contribution in [-0.2, 0) is 11.3 Å². The van der Waals surface area contributed by atoms with Crippen molar-refractivity contribution in [3.63, 3.8) is 0 Å². The van der Waals surface area contributed by atoms with Gasteiger partial charge in [0.1, 0.15) is 5.82 Å². The summed E-state index contributed by atoms with van der Waals surface area (Å²) in [6.45, 7) is 6.04. The molecule has 0 saturated carbocycles. The molecule has 0 bridgehead atoms. The third-order valence-electron chi connectivity index (χ3n) is 2.87. The molecule has 0 aliphatic heterocycles. The number of ether oxygens (including phenoxy) is 1. The average Bonchev–Trinajstić information content (AvgIpc) is 2.35. The van der Waals surface area contributed by atoms with Crippen LogP contribution in [0.3, 0.4) is 0 Å². The van der Waals surface area contributed by atoms with Crippen molar-refractivity contribution in [2.75, 3.05) is 20.3 Å². The van der Waals surface area contributed by atoms with Gasteiger partial charge in [0.25, 0.3) is 0 Å². The number of rotatable bonds is 6. The Kier molecular flexibility index (Phi) is 5.76. The van der Waals surface area contributed by atoms with Gasteiger partial charge in [-0.25, -0.2) is 4.39 Å². The summed E-state index contributed by atoms with van der Waals surface area (Å²) in [5.41, 5.74) is 0.961. The van der Waals surface area contributed by atoms with Crippen molar-refractivity contribution >= 4 is 0 Å². The van der Waals surface area contributed by atoms with Crippen LogP contribution < -0.4 is 0 Å². The Morgan fingerprint density at radius 2 is 2.17 bits per heavy atom. The second-order valence-electron chi connectivity index (χ2n) is 4.48. The third kappa shape index (κ3) is 4.10. The molecule has 0 radical (unpaired) electrons. The maximum Gasteiger partial charge on any atom is 0.129 e. The second-order valence-corrected chi connectivity index (χ2v) is 4.48. The van der Waals surface area contributed by atoms with Crippen LogP contribution in [0.25, 0.3) is 0 Å². The van der Waals surface area contributed by atoms with Gasteiger partial charge in [-0.15, -0.1) is 0 Å². The molecular weight excluding hydrogens is 231 g/mol. The zero-order valence-electron chi connectivity index (χ0n) is 11.1. The van der Waals surface area contributed by atoms with Crippen LogP contribution in [0.5, 0.6) is 0 Å². The van der Waals surface area contributed by atoms with Crippen LogP contribution >= 0.6 is 0 Å². The molecule has 0 unspecified atom stereocenters. The van der Waals surface area contributed by atoms with E-state index in [-0.39, 0.29) is 5.82 Å². The molecule has 3 nitrogen and oxygen atoms in total. The van der Waals surface area contributed by atoms with Gasteiger partial charge in [0.05, 0.1) is 18.2 Å². The molecule has 0 amide bonds. The third-order valence-corrected chi connectivity index (χ3v) is 2.87. The van der Waals surface area contributed by atoms with Crippen LogP contribution in [0.1, 0.15) is 25.0 Å². The quantitative estimate of drug-likeness (QED) is 0.778. The average molecular weight is 250 g/mol. The Labute approximate surface area is 108 Å². The molecule has 18 heavy (non-hydrogen) atoms. The van der Waals surface area contributed by atoms with E-state index in [1.54, 1.807) is 19.2 Å². The zero-order chi connectivity index (χ0) is 13.5. The van der Waals surface area contributed by atoms with E-state index in [0.717, 1.165) is 6.54 Å². The number of halogens is 1. The molecule has 0 N–H and O–H groups in total. The first-order valence-corrected chi connectivity index (χ1v) is 6.00. The van der Waals surface area contributed by atoms with Crippen LogP contribution in [0.2, 0.25) is 0 Å². The summed E-state index contributed by atoms with van der Waals surface area (Å²) in [6, 6.07) is 6.85. The van der Waals surface area contributed by atoms with Crippen molar-refractivity contribution < 1.29 is 9.13 Å². The predicted octanol–water partition coefficient (Wildman–Crippen LogP) is 2.55. The number of benzene rings is 1. The summed E-state index contributed by atoms with van der Waals surface area (Å²) in [6.07, 6.45) is 0. The Morgan fingerprint density at radius 1 is 1.44 bits per heavy atom. The van der Waals surface area contributed by atoms with Gasteiger partial charge in [-0.3, -0.25) is 4.90 Å². The highest BCUT2D eigenvalue weighted by Gasteiger charge is 2.12. The number of nitriles is 1. The Hall–Kier alpha value is -1.44. The standard InChI is InChI=1S/C14H19FN2O/c1-11(2)17(6-7-18-3)10-13-5-4-12(9-16)8-14(13)15/h4-5,8,11H,6-7,10H2,1-3H3. The Morgan fingerprint density at radius 3 is 2.67 bits per heavy atom. The largest absolute Gasteiger partial charge is 0.383 e. The second kappa shape index (κ2) is 7.10. The van der Waals surface area contributed by atoms with Gasteiger partial charge in [0.15, 0.2) is 0 Å². The fraction of sp³-hybridized carbons (Fsp3) is 0.500. The van der Waals surface area contributed by atoms with Gasteiger partial charge in [0.2, 0.25) is 0 Å². The van der Waals surface area contributed by atoms with Crippen LogP contribution in [-0.4, -0.2) is 31.2 Å². The van der Waals surface area contributed by atoms with Gasteiger partial charge < -0.3 is 4.74 Å². The molecule has 98 valence electrons. The molecule has 0 fully saturated rings. The maximum atomic E-state index is 13.8. The van der Waals surface area contributed by atoms with Crippen LogP contribution in [0, 0.1) is 17.1 Å². The highest BCUT2D eigenvalue weighted by Crippen LogP contribution is 2.14. The van der Waals surface area contributed by atoms with Gasteiger partial charge in [0, 0.05) is 31.8 Å². The lowest BCUT2D eigenvalue weighted by Crippen LogP contribution is -2.33. The summed E-state index contributed by atoms with van der Waals surface area (Å²) in [5.74, 6) is -0.322. The van der Waals surface area contributed by atoms with Crippen molar-refractivity contribution in [1.82, 2.24) is 4.90 Å². The molecule has 0 aromatic heterocycles. The highest BCUT2D eigenvalue weighted by molar-refractivity contribution is 5.32.